The normalized spacial score (nSPS) is 20.1. The van der Waals surface area contributed by atoms with Crippen LogP contribution in [0.3, 0.4) is 0 Å². The van der Waals surface area contributed by atoms with Crippen molar-refractivity contribution in [1.29, 1.82) is 0 Å². The summed E-state index contributed by atoms with van der Waals surface area (Å²) in [4.78, 5) is 2.50. The molecule has 1 fully saturated rings. The lowest BCUT2D eigenvalue weighted by molar-refractivity contribution is 0.243. The van der Waals surface area contributed by atoms with Gasteiger partial charge in [0.1, 0.15) is 0 Å². The molecule has 0 saturated carbocycles. The highest BCUT2D eigenvalue weighted by Gasteiger charge is 2.23. The van der Waals surface area contributed by atoms with Crippen LogP contribution in [-0.2, 0) is 7.05 Å². The fraction of sp³-hybridized carbons (Fsp3) is 0.636. The largest absolute Gasteiger partial charge is 0.353 e. The fourth-order valence-corrected chi connectivity index (χ4v) is 2.33. The number of nitrogens with zero attached hydrogens (tertiary/aromatic N) is 2. The highest BCUT2D eigenvalue weighted by atomic mass is 15.2. The Balaban J connectivity index is 2.16. The van der Waals surface area contributed by atoms with Gasteiger partial charge < -0.3 is 10.3 Å². The average molecular weight is 193 g/mol. The van der Waals surface area contributed by atoms with Crippen molar-refractivity contribution in [2.24, 2.45) is 12.8 Å². The van der Waals surface area contributed by atoms with Crippen LogP contribution in [-0.4, -0.2) is 29.1 Å². The number of rotatable bonds is 3. The van der Waals surface area contributed by atoms with Gasteiger partial charge >= 0.3 is 0 Å². The molecule has 0 amide bonds. The first-order valence-corrected chi connectivity index (χ1v) is 5.38. The number of likely N-dealkylation sites (tertiary alicyclic amines) is 1. The first-order valence-electron chi connectivity index (χ1n) is 5.38. The summed E-state index contributed by atoms with van der Waals surface area (Å²) in [6.45, 7) is 3.12. The van der Waals surface area contributed by atoms with Crippen LogP contribution in [0.5, 0.6) is 0 Å². The first-order chi connectivity index (χ1) is 6.83. The lowest BCUT2D eigenvalue weighted by Gasteiger charge is -2.26. The van der Waals surface area contributed by atoms with Gasteiger partial charge in [-0.05, 0) is 38.1 Å². The Kier molecular flexibility index (Phi) is 2.89. The number of hydrogen-bond acceptors (Lipinski definition) is 2. The Morgan fingerprint density at radius 3 is 2.64 bits per heavy atom. The number of aryl methyl sites for hydroxylation is 1. The molecule has 0 radical (unpaired) electrons. The number of hydrogen-bond donors (Lipinski definition) is 1. The van der Waals surface area contributed by atoms with Crippen molar-refractivity contribution in [2.75, 3.05) is 19.6 Å². The molecule has 1 aromatic heterocycles. The highest BCUT2D eigenvalue weighted by molar-refractivity contribution is 5.12. The van der Waals surface area contributed by atoms with E-state index >= 15 is 0 Å². The third-order valence-electron chi connectivity index (χ3n) is 3.13. The molecule has 78 valence electrons. The lowest BCUT2D eigenvalue weighted by Crippen LogP contribution is -2.32. The van der Waals surface area contributed by atoms with E-state index in [1.54, 1.807) is 0 Å². The molecule has 0 aliphatic carbocycles. The zero-order valence-corrected chi connectivity index (χ0v) is 8.82. The summed E-state index contributed by atoms with van der Waals surface area (Å²) >= 11 is 0. The van der Waals surface area contributed by atoms with Gasteiger partial charge in [-0.2, -0.15) is 0 Å². The van der Waals surface area contributed by atoms with Gasteiger partial charge in [-0.25, -0.2) is 0 Å². The van der Waals surface area contributed by atoms with Crippen LogP contribution in [0.25, 0.3) is 0 Å². The molecular weight excluding hydrogens is 174 g/mol. The quantitative estimate of drug-likeness (QED) is 0.780. The van der Waals surface area contributed by atoms with Crippen LogP contribution in [0.4, 0.5) is 0 Å². The summed E-state index contributed by atoms with van der Waals surface area (Å²) in [6.07, 6.45) is 4.73. The summed E-state index contributed by atoms with van der Waals surface area (Å²) in [6, 6.07) is 4.68. The summed E-state index contributed by atoms with van der Waals surface area (Å²) in [5, 5.41) is 0. The van der Waals surface area contributed by atoms with Crippen molar-refractivity contribution in [2.45, 2.75) is 18.9 Å². The Hall–Kier alpha value is -0.800. The molecule has 0 aromatic carbocycles. The predicted molar refractivity (Wildman–Crippen MR) is 58.0 cm³/mol. The van der Waals surface area contributed by atoms with E-state index in [0.29, 0.717) is 6.04 Å². The second-order valence-electron chi connectivity index (χ2n) is 4.04. The van der Waals surface area contributed by atoms with Crippen LogP contribution in [0, 0.1) is 0 Å². The highest BCUT2D eigenvalue weighted by Crippen LogP contribution is 2.23. The molecule has 3 heteroatoms. The van der Waals surface area contributed by atoms with Crippen LogP contribution in [0.1, 0.15) is 24.6 Å². The van der Waals surface area contributed by atoms with Crippen LogP contribution < -0.4 is 5.73 Å². The van der Waals surface area contributed by atoms with Gasteiger partial charge in [0.15, 0.2) is 0 Å². The van der Waals surface area contributed by atoms with Crippen molar-refractivity contribution >= 4 is 0 Å². The van der Waals surface area contributed by atoms with Gasteiger partial charge in [-0.3, -0.25) is 4.90 Å². The second kappa shape index (κ2) is 4.15. The van der Waals surface area contributed by atoms with Gasteiger partial charge in [0.2, 0.25) is 0 Å². The zero-order chi connectivity index (χ0) is 9.97. The average Bonchev–Trinajstić information content (AvgIpc) is 2.80. The molecule has 1 aromatic rings. The Morgan fingerprint density at radius 2 is 2.14 bits per heavy atom. The van der Waals surface area contributed by atoms with Gasteiger partial charge in [0.25, 0.3) is 0 Å². The van der Waals surface area contributed by atoms with E-state index < -0.39 is 0 Å². The Bertz CT molecular complexity index is 286. The fourth-order valence-electron chi connectivity index (χ4n) is 2.33. The Labute approximate surface area is 85.5 Å². The third kappa shape index (κ3) is 1.70. The van der Waals surface area contributed by atoms with E-state index in [2.05, 4.69) is 34.8 Å². The molecule has 14 heavy (non-hydrogen) atoms. The topological polar surface area (TPSA) is 34.2 Å². The van der Waals surface area contributed by atoms with Crippen LogP contribution >= 0.6 is 0 Å². The molecule has 1 atom stereocenters. The maximum absolute atomic E-state index is 5.86. The second-order valence-corrected chi connectivity index (χ2v) is 4.04. The maximum atomic E-state index is 5.86. The number of nitrogens with two attached hydrogens (primary N) is 1. The minimum absolute atomic E-state index is 0.414. The van der Waals surface area contributed by atoms with Gasteiger partial charge in [-0.1, -0.05) is 0 Å². The van der Waals surface area contributed by atoms with Gasteiger partial charge in [0, 0.05) is 25.5 Å². The summed E-state index contributed by atoms with van der Waals surface area (Å²) in [5.41, 5.74) is 7.20. The third-order valence-corrected chi connectivity index (χ3v) is 3.13. The molecule has 0 unspecified atom stereocenters. The minimum Gasteiger partial charge on any atom is -0.353 e. The van der Waals surface area contributed by atoms with Crippen molar-refractivity contribution in [1.82, 2.24) is 9.47 Å². The van der Waals surface area contributed by atoms with E-state index in [1.165, 1.54) is 31.6 Å². The van der Waals surface area contributed by atoms with E-state index in [9.17, 15) is 0 Å². The SMILES string of the molecule is Cn1cccc1[C@H](CN)N1CCCC1. The van der Waals surface area contributed by atoms with Crippen molar-refractivity contribution in [3.8, 4) is 0 Å². The summed E-state index contributed by atoms with van der Waals surface area (Å²) in [7, 11) is 2.09. The van der Waals surface area contributed by atoms with Crippen molar-refractivity contribution < 1.29 is 0 Å². The van der Waals surface area contributed by atoms with E-state index in [4.69, 9.17) is 5.73 Å². The lowest BCUT2D eigenvalue weighted by atomic mass is 10.2. The van der Waals surface area contributed by atoms with Gasteiger partial charge in [0.05, 0.1) is 6.04 Å². The molecule has 1 aliphatic heterocycles. The van der Waals surface area contributed by atoms with Crippen molar-refractivity contribution in [3.05, 3.63) is 24.0 Å². The standard InChI is InChI=1S/C11H19N3/c1-13-6-4-5-10(13)11(9-12)14-7-2-3-8-14/h4-6,11H,2-3,7-9,12H2,1H3/t11-/m0/s1. The number of aromatic nitrogens is 1. The molecule has 0 spiro atoms. The zero-order valence-electron chi connectivity index (χ0n) is 8.82. The molecule has 2 heterocycles. The molecule has 1 saturated heterocycles. The maximum Gasteiger partial charge on any atom is 0.0624 e. The van der Waals surface area contributed by atoms with Gasteiger partial charge in [-0.15, -0.1) is 0 Å². The van der Waals surface area contributed by atoms with Crippen LogP contribution in [0.2, 0.25) is 0 Å². The summed E-state index contributed by atoms with van der Waals surface area (Å²) in [5.74, 6) is 0. The Morgan fingerprint density at radius 1 is 1.43 bits per heavy atom. The molecule has 3 nitrogen and oxygen atoms in total. The molecular formula is C11H19N3. The van der Waals surface area contributed by atoms with E-state index in [-0.39, 0.29) is 0 Å². The molecule has 2 rings (SSSR count). The molecule has 0 bridgehead atoms. The first kappa shape index (κ1) is 9.74. The molecule has 1 aliphatic rings. The summed E-state index contributed by atoms with van der Waals surface area (Å²) < 4.78 is 2.18. The van der Waals surface area contributed by atoms with E-state index in [1.807, 2.05) is 0 Å². The minimum atomic E-state index is 0.414. The monoisotopic (exact) mass is 193 g/mol. The van der Waals surface area contributed by atoms with E-state index in [0.717, 1.165) is 6.54 Å². The molecule has 2 N–H and O–H groups in total. The van der Waals surface area contributed by atoms with Crippen molar-refractivity contribution in [3.63, 3.8) is 0 Å². The van der Waals surface area contributed by atoms with Crippen LogP contribution in [0.15, 0.2) is 18.3 Å². The predicted octanol–water partition coefficient (Wildman–Crippen LogP) is 1.12. The smallest absolute Gasteiger partial charge is 0.0624 e.